The van der Waals surface area contributed by atoms with Crippen molar-refractivity contribution in [3.8, 4) is 0 Å². The maximum absolute atomic E-state index is 10.9. The van der Waals surface area contributed by atoms with Crippen molar-refractivity contribution in [1.82, 2.24) is 5.32 Å². The summed E-state index contributed by atoms with van der Waals surface area (Å²) >= 11 is 0. The van der Waals surface area contributed by atoms with Crippen molar-refractivity contribution in [3.05, 3.63) is 30.3 Å². The molecule has 1 rings (SSSR count). The number of para-hydroxylation sites is 1. The Morgan fingerprint density at radius 2 is 2.06 bits per heavy atom. The first kappa shape index (κ1) is 12.4. The number of nitrogens with one attached hydrogen (secondary N) is 1. The monoisotopic (exact) mass is 222 g/mol. The van der Waals surface area contributed by atoms with Gasteiger partial charge in [-0.15, -0.1) is 0 Å². The first-order valence-electron chi connectivity index (χ1n) is 5.42. The molecule has 1 amide bonds. The number of benzene rings is 1. The third-order valence-corrected chi connectivity index (χ3v) is 2.30. The van der Waals surface area contributed by atoms with Crippen LogP contribution in [0.25, 0.3) is 0 Å². The molecule has 1 N–H and O–H groups in total. The van der Waals surface area contributed by atoms with E-state index in [9.17, 15) is 4.79 Å². The zero-order valence-corrected chi connectivity index (χ0v) is 9.77. The molecular formula is C12H18N2O2. The van der Waals surface area contributed by atoms with Crippen LogP contribution in [0.15, 0.2) is 30.3 Å². The number of ether oxygens (including phenoxy) is 1. The summed E-state index contributed by atoms with van der Waals surface area (Å²) in [4.78, 5) is 13.0. The third-order valence-electron chi connectivity index (χ3n) is 2.30. The van der Waals surface area contributed by atoms with Gasteiger partial charge in [0.2, 0.25) is 0 Å². The number of alkyl carbamates (subject to hydrolysis) is 1. The molecule has 0 bridgehead atoms. The summed E-state index contributed by atoms with van der Waals surface area (Å²) in [5.41, 5.74) is 1.14. The van der Waals surface area contributed by atoms with E-state index >= 15 is 0 Å². The van der Waals surface area contributed by atoms with E-state index in [0.717, 1.165) is 12.2 Å². The van der Waals surface area contributed by atoms with Crippen molar-refractivity contribution >= 4 is 11.8 Å². The Bertz CT molecular complexity index is 314. The van der Waals surface area contributed by atoms with E-state index in [1.807, 2.05) is 30.3 Å². The van der Waals surface area contributed by atoms with Crippen LogP contribution in [-0.4, -0.2) is 32.8 Å². The topological polar surface area (TPSA) is 41.6 Å². The minimum atomic E-state index is -0.385. The van der Waals surface area contributed by atoms with Crippen molar-refractivity contribution in [2.45, 2.75) is 6.92 Å². The number of anilines is 1. The highest BCUT2D eigenvalue weighted by molar-refractivity contribution is 5.66. The van der Waals surface area contributed by atoms with Crippen LogP contribution in [0.3, 0.4) is 0 Å². The van der Waals surface area contributed by atoms with Gasteiger partial charge in [0.25, 0.3) is 0 Å². The lowest BCUT2D eigenvalue weighted by molar-refractivity contribution is 0.151. The van der Waals surface area contributed by atoms with Crippen LogP contribution in [-0.2, 0) is 4.74 Å². The number of hydrogen-bond acceptors (Lipinski definition) is 3. The summed E-state index contributed by atoms with van der Waals surface area (Å²) in [6.07, 6.45) is -0.385. The molecule has 0 saturated carbocycles. The Hall–Kier alpha value is -1.71. The third kappa shape index (κ3) is 3.81. The predicted molar refractivity (Wildman–Crippen MR) is 64.7 cm³/mol. The molecule has 1 aromatic rings. The lowest BCUT2D eigenvalue weighted by atomic mass is 10.3. The molecule has 0 fully saturated rings. The van der Waals surface area contributed by atoms with Crippen molar-refractivity contribution in [2.24, 2.45) is 0 Å². The second kappa shape index (κ2) is 6.71. The van der Waals surface area contributed by atoms with Gasteiger partial charge in [0.05, 0.1) is 6.54 Å². The van der Waals surface area contributed by atoms with Crippen LogP contribution in [0, 0.1) is 0 Å². The normalized spacial score (nSPS) is 9.62. The Labute approximate surface area is 96.2 Å². The van der Waals surface area contributed by atoms with E-state index in [-0.39, 0.29) is 6.09 Å². The molecule has 16 heavy (non-hydrogen) atoms. The first-order chi connectivity index (χ1) is 7.77. The maximum atomic E-state index is 10.9. The molecule has 0 aliphatic heterocycles. The fraction of sp³-hybridized carbons (Fsp3) is 0.417. The Morgan fingerprint density at radius 1 is 1.38 bits per heavy atom. The minimum absolute atomic E-state index is 0.385. The van der Waals surface area contributed by atoms with Crippen LogP contribution in [0.5, 0.6) is 0 Å². The van der Waals surface area contributed by atoms with Crippen molar-refractivity contribution in [1.29, 1.82) is 0 Å². The summed E-state index contributed by atoms with van der Waals surface area (Å²) in [7, 11) is 1.55. The van der Waals surface area contributed by atoms with Gasteiger partial charge in [-0.1, -0.05) is 18.2 Å². The molecule has 0 radical (unpaired) electrons. The van der Waals surface area contributed by atoms with Crippen LogP contribution >= 0.6 is 0 Å². The van der Waals surface area contributed by atoms with Crippen LogP contribution < -0.4 is 10.2 Å². The standard InChI is InChI=1S/C12H18N2O2/c1-3-14(9-10-16-12(15)13-2)11-7-5-4-6-8-11/h4-8H,3,9-10H2,1-2H3,(H,13,15). The molecule has 4 nitrogen and oxygen atoms in total. The second-order valence-electron chi connectivity index (χ2n) is 3.30. The van der Waals surface area contributed by atoms with Crippen LogP contribution in [0.1, 0.15) is 6.92 Å². The summed E-state index contributed by atoms with van der Waals surface area (Å²) in [5.74, 6) is 0. The number of amides is 1. The molecule has 0 aliphatic rings. The smallest absolute Gasteiger partial charge is 0.406 e. The van der Waals surface area contributed by atoms with Gasteiger partial charge in [-0.05, 0) is 19.1 Å². The van der Waals surface area contributed by atoms with E-state index < -0.39 is 0 Å². The lowest BCUT2D eigenvalue weighted by Gasteiger charge is -2.22. The van der Waals surface area contributed by atoms with Gasteiger partial charge in [0, 0.05) is 19.3 Å². The van der Waals surface area contributed by atoms with E-state index in [4.69, 9.17) is 4.74 Å². The zero-order valence-electron chi connectivity index (χ0n) is 9.77. The molecule has 0 unspecified atom stereocenters. The first-order valence-corrected chi connectivity index (χ1v) is 5.42. The zero-order chi connectivity index (χ0) is 11.8. The van der Waals surface area contributed by atoms with Crippen LogP contribution in [0.4, 0.5) is 10.5 Å². The highest BCUT2D eigenvalue weighted by atomic mass is 16.5. The van der Waals surface area contributed by atoms with Gasteiger partial charge in [0.1, 0.15) is 6.61 Å². The van der Waals surface area contributed by atoms with E-state index in [1.54, 1.807) is 7.05 Å². The maximum Gasteiger partial charge on any atom is 0.406 e. The highest BCUT2D eigenvalue weighted by Gasteiger charge is 2.04. The van der Waals surface area contributed by atoms with E-state index in [2.05, 4.69) is 17.1 Å². The molecule has 0 atom stereocenters. The van der Waals surface area contributed by atoms with Gasteiger partial charge in [-0.3, -0.25) is 0 Å². The number of carbonyl (C=O) groups excluding carboxylic acids is 1. The Balaban J connectivity index is 2.41. The lowest BCUT2D eigenvalue weighted by Crippen LogP contribution is -2.29. The largest absolute Gasteiger partial charge is 0.448 e. The Kier molecular flexibility index (Phi) is 5.19. The van der Waals surface area contributed by atoms with Crippen molar-refractivity contribution in [3.63, 3.8) is 0 Å². The SMILES string of the molecule is CCN(CCOC(=O)NC)c1ccccc1. The van der Waals surface area contributed by atoms with E-state index in [0.29, 0.717) is 13.2 Å². The fourth-order valence-corrected chi connectivity index (χ4v) is 1.43. The highest BCUT2D eigenvalue weighted by Crippen LogP contribution is 2.11. The molecule has 0 heterocycles. The number of rotatable bonds is 5. The molecule has 4 heteroatoms. The van der Waals surface area contributed by atoms with Gasteiger partial charge in [-0.25, -0.2) is 4.79 Å². The van der Waals surface area contributed by atoms with Crippen molar-refractivity contribution in [2.75, 3.05) is 31.6 Å². The summed E-state index contributed by atoms with van der Waals surface area (Å²) in [5, 5.41) is 2.42. The molecule has 88 valence electrons. The molecule has 0 saturated heterocycles. The molecule has 0 aliphatic carbocycles. The van der Waals surface area contributed by atoms with Gasteiger partial charge in [-0.2, -0.15) is 0 Å². The molecule has 0 aromatic heterocycles. The number of likely N-dealkylation sites (N-methyl/N-ethyl adjacent to an activating group) is 1. The Morgan fingerprint density at radius 3 is 2.62 bits per heavy atom. The average molecular weight is 222 g/mol. The predicted octanol–water partition coefficient (Wildman–Crippen LogP) is 1.87. The van der Waals surface area contributed by atoms with E-state index in [1.165, 1.54) is 0 Å². The average Bonchev–Trinajstić information content (AvgIpc) is 2.35. The van der Waals surface area contributed by atoms with Gasteiger partial charge < -0.3 is 15.0 Å². The quantitative estimate of drug-likeness (QED) is 0.827. The molecule has 1 aromatic carbocycles. The molecule has 0 spiro atoms. The summed E-state index contributed by atoms with van der Waals surface area (Å²) in [6.45, 7) is 4.06. The van der Waals surface area contributed by atoms with Crippen molar-refractivity contribution < 1.29 is 9.53 Å². The molecular weight excluding hydrogens is 204 g/mol. The van der Waals surface area contributed by atoms with Crippen LogP contribution in [0.2, 0.25) is 0 Å². The number of carbonyl (C=O) groups is 1. The van der Waals surface area contributed by atoms with Gasteiger partial charge in [0.15, 0.2) is 0 Å². The number of hydrogen-bond donors (Lipinski definition) is 1. The number of nitrogens with zero attached hydrogens (tertiary/aromatic N) is 1. The summed E-state index contributed by atoms with van der Waals surface area (Å²) < 4.78 is 4.95. The van der Waals surface area contributed by atoms with Gasteiger partial charge >= 0.3 is 6.09 Å². The fourth-order valence-electron chi connectivity index (χ4n) is 1.43. The summed E-state index contributed by atoms with van der Waals surface area (Å²) in [6, 6.07) is 10.1. The minimum Gasteiger partial charge on any atom is -0.448 e. The second-order valence-corrected chi connectivity index (χ2v) is 3.30.